The van der Waals surface area contributed by atoms with Crippen molar-refractivity contribution in [1.29, 1.82) is 0 Å². The van der Waals surface area contributed by atoms with Crippen molar-refractivity contribution in [2.24, 2.45) is 0 Å². The molecule has 0 spiro atoms. The molecule has 0 atom stereocenters. The number of piperidine rings is 1. The van der Waals surface area contributed by atoms with Crippen molar-refractivity contribution < 1.29 is 17.9 Å². The lowest BCUT2D eigenvalue weighted by Crippen LogP contribution is -2.35. The van der Waals surface area contributed by atoms with Crippen LogP contribution < -0.4 is 9.64 Å². The van der Waals surface area contributed by atoms with Crippen molar-refractivity contribution in [2.75, 3.05) is 31.1 Å². The van der Waals surface area contributed by atoms with E-state index in [1.807, 2.05) is 26.0 Å². The molecule has 4 rings (SSSR count). The highest BCUT2D eigenvalue weighted by Crippen LogP contribution is 2.32. The first kappa shape index (κ1) is 20.9. The SMILES string of the molecule is Cc1cc(C)cc(OCC(=O)N2CCc3cc(S(=O)(=O)N4CCCCC4)ccc32)c1. The molecule has 0 aliphatic carbocycles. The number of rotatable bonds is 5. The molecule has 0 saturated carbocycles. The lowest BCUT2D eigenvalue weighted by molar-refractivity contribution is -0.120. The van der Waals surface area contributed by atoms with Gasteiger partial charge in [-0.05, 0) is 80.1 Å². The van der Waals surface area contributed by atoms with Crippen LogP contribution in [-0.4, -0.2) is 44.9 Å². The Morgan fingerprint density at radius 3 is 2.37 bits per heavy atom. The molecule has 2 heterocycles. The lowest BCUT2D eigenvalue weighted by atomic mass is 10.1. The van der Waals surface area contributed by atoms with Crippen LogP contribution in [0.5, 0.6) is 5.75 Å². The Morgan fingerprint density at radius 2 is 1.67 bits per heavy atom. The maximum Gasteiger partial charge on any atom is 0.264 e. The average molecular weight is 429 g/mol. The van der Waals surface area contributed by atoms with E-state index >= 15 is 0 Å². The Bertz CT molecular complexity index is 1040. The number of ether oxygens (including phenoxy) is 1. The number of fused-ring (bicyclic) bond motifs is 1. The summed E-state index contributed by atoms with van der Waals surface area (Å²) in [4.78, 5) is 14.8. The third-order valence-electron chi connectivity index (χ3n) is 5.76. The quantitative estimate of drug-likeness (QED) is 0.732. The van der Waals surface area contributed by atoms with E-state index in [4.69, 9.17) is 4.74 Å². The van der Waals surface area contributed by atoms with E-state index < -0.39 is 10.0 Å². The largest absolute Gasteiger partial charge is 0.484 e. The number of amides is 1. The fourth-order valence-electron chi connectivity index (χ4n) is 4.29. The van der Waals surface area contributed by atoms with Gasteiger partial charge in [0.15, 0.2) is 6.61 Å². The zero-order valence-corrected chi connectivity index (χ0v) is 18.4. The highest BCUT2D eigenvalue weighted by molar-refractivity contribution is 7.89. The van der Waals surface area contributed by atoms with Gasteiger partial charge in [0.05, 0.1) is 4.90 Å². The van der Waals surface area contributed by atoms with Crippen LogP contribution >= 0.6 is 0 Å². The minimum Gasteiger partial charge on any atom is -0.484 e. The summed E-state index contributed by atoms with van der Waals surface area (Å²) in [7, 11) is -3.47. The molecule has 1 fully saturated rings. The van der Waals surface area contributed by atoms with Crippen LogP contribution in [0.1, 0.15) is 36.0 Å². The molecule has 2 aliphatic rings. The molecule has 30 heavy (non-hydrogen) atoms. The molecule has 160 valence electrons. The van der Waals surface area contributed by atoms with E-state index in [2.05, 4.69) is 6.07 Å². The molecule has 1 saturated heterocycles. The second-order valence-corrected chi connectivity index (χ2v) is 10.1. The summed E-state index contributed by atoms with van der Waals surface area (Å²) in [6, 6.07) is 11.0. The first-order chi connectivity index (χ1) is 14.3. The van der Waals surface area contributed by atoms with Crippen molar-refractivity contribution in [2.45, 2.75) is 44.4 Å². The number of aryl methyl sites for hydroxylation is 2. The Balaban J connectivity index is 1.47. The van der Waals surface area contributed by atoms with Crippen LogP contribution in [0.4, 0.5) is 5.69 Å². The summed E-state index contributed by atoms with van der Waals surface area (Å²) < 4.78 is 33.2. The normalized spacial score (nSPS) is 17.1. The van der Waals surface area contributed by atoms with E-state index in [1.54, 1.807) is 27.4 Å². The minimum absolute atomic E-state index is 0.0455. The lowest BCUT2D eigenvalue weighted by Gasteiger charge is -2.26. The molecular formula is C23H28N2O4S. The fourth-order valence-corrected chi connectivity index (χ4v) is 5.86. The highest BCUT2D eigenvalue weighted by atomic mass is 32.2. The number of benzene rings is 2. The van der Waals surface area contributed by atoms with Gasteiger partial charge in [0, 0.05) is 25.3 Å². The number of nitrogens with zero attached hydrogens (tertiary/aromatic N) is 2. The highest BCUT2D eigenvalue weighted by Gasteiger charge is 2.30. The number of hydrogen-bond donors (Lipinski definition) is 0. The van der Waals surface area contributed by atoms with Gasteiger partial charge in [-0.1, -0.05) is 12.5 Å². The summed E-state index contributed by atoms with van der Waals surface area (Å²) in [5.74, 6) is 0.558. The summed E-state index contributed by atoms with van der Waals surface area (Å²) >= 11 is 0. The zero-order chi connectivity index (χ0) is 21.3. The van der Waals surface area contributed by atoms with E-state index in [9.17, 15) is 13.2 Å². The van der Waals surface area contributed by atoms with Gasteiger partial charge < -0.3 is 9.64 Å². The molecule has 7 heteroatoms. The second kappa shape index (κ2) is 8.40. The van der Waals surface area contributed by atoms with Crippen molar-refractivity contribution >= 4 is 21.6 Å². The van der Waals surface area contributed by atoms with E-state index in [0.29, 0.717) is 36.7 Å². The van der Waals surface area contributed by atoms with Gasteiger partial charge in [0.1, 0.15) is 5.75 Å². The second-order valence-electron chi connectivity index (χ2n) is 8.16. The first-order valence-corrected chi connectivity index (χ1v) is 11.9. The average Bonchev–Trinajstić information content (AvgIpc) is 3.15. The summed E-state index contributed by atoms with van der Waals surface area (Å²) in [5.41, 5.74) is 3.85. The predicted octanol–water partition coefficient (Wildman–Crippen LogP) is 3.45. The third-order valence-corrected chi connectivity index (χ3v) is 7.65. The topological polar surface area (TPSA) is 66.9 Å². The van der Waals surface area contributed by atoms with Crippen LogP contribution in [-0.2, 0) is 21.2 Å². The molecule has 6 nitrogen and oxygen atoms in total. The smallest absolute Gasteiger partial charge is 0.264 e. The molecule has 0 bridgehead atoms. The Hall–Kier alpha value is -2.38. The van der Waals surface area contributed by atoms with Crippen molar-refractivity contribution in [1.82, 2.24) is 4.31 Å². The Kier molecular flexibility index (Phi) is 5.84. The van der Waals surface area contributed by atoms with Gasteiger partial charge in [-0.15, -0.1) is 0 Å². The molecule has 0 radical (unpaired) electrons. The Labute approximate surface area is 178 Å². The third kappa shape index (κ3) is 4.23. The zero-order valence-electron chi connectivity index (χ0n) is 17.6. The van der Waals surface area contributed by atoms with Gasteiger partial charge in [-0.25, -0.2) is 8.42 Å². The van der Waals surface area contributed by atoms with Gasteiger partial charge in [-0.2, -0.15) is 4.31 Å². The first-order valence-electron chi connectivity index (χ1n) is 10.5. The summed E-state index contributed by atoms with van der Waals surface area (Å²) in [5, 5.41) is 0. The van der Waals surface area contributed by atoms with E-state index in [-0.39, 0.29) is 12.5 Å². The molecule has 0 aromatic heterocycles. The molecule has 2 aromatic rings. The Morgan fingerprint density at radius 1 is 0.967 bits per heavy atom. The molecule has 0 N–H and O–H groups in total. The van der Waals surface area contributed by atoms with Crippen LogP contribution in [0, 0.1) is 13.8 Å². The molecule has 1 amide bonds. The number of hydrogen-bond acceptors (Lipinski definition) is 4. The predicted molar refractivity (Wildman–Crippen MR) is 117 cm³/mol. The van der Waals surface area contributed by atoms with Crippen molar-refractivity contribution in [3.8, 4) is 5.75 Å². The fraction of sp³-hybridized carbons (Fsp3) is 0.435. The number of carbonyl (C=O) groups is 1. The van der Waals surface area contributed by atoms with E-state index in [1.165, 1.54) is 0 Å². The number of anilines is 1. The standard InChI is InChI=1S/C23H28N2O4S/c1-17-12-18(2)14-20(13-17)29-16-23(26)25-11-8-19-15-21(6-7-22(19)25)30(27,28)24-9-4-3-5-10-24/h6-7,12-15H,3-5,8-11,16H2,1-2H3. The summed E-state index contributed by atoms with van der Waals surface area (Å²) in [6.45, 7) is 5.65. The maximum absolute atomic E-state index is 12.9. The monoisotopic (exact) mass is 428 g/mol. The molecule has 0 unspecified atom stereocenters. The summed E-state index contributed by atoms with van der Waals surface area (Å²) in [6.07, 6.45) is 3.55. The van der Waals surface area contributed by atoms with Gasteiger partial charge in [0.25, 0.3) is 5.91 Å². The number of sulfonamides is 1. The van der Waals surface area contributed by atoms with Gasteiger partial charge in [-0.3, -0.25) is 4.79 Å². The number of carbonyl (C=O) groups excluding carboxylic acids is 1. The van der Waals surface area contributed by atoms with Crippen LogP contribution in [0.2, 0.25) is 0 Å². The van der Waals surface area contributed by atoms with Crippen molar-refractivity contribution in [3.05, 3.63) is 53.1 Å². The van der Waals surface area contributed by atoms with E-state index in [0.717, 1.165) is 41.6 Å². The van der Waals surface area contributed by atoms with Gasteiger partial charge >= 0.3 is 0 Å². The van der Waals surface area contributed by atoms with Crippen LogP contribution in [0.15, 0.2) is 41.3 Å². The maximum atomic E-state index is 12.9. The molecule has 2 aliphatic heterocycles. The van der Waals surface area contributed by atoms with Crippen molar-refractivity contribution in [3.63, 3.8) is 0 Å². The molecule has 2 aromatic carbocycles. The van der Waals surface area contributed by atoms with Crippen LogP contribution in [0.3, 0.4) is 0 Å². The van der Waals surface area contributed by atoms with Crippen LogP contribution in [0.25, 0.3) is 0 Å². The van der Waals surface area contributed by atoms with Gasteiger partial charge in [0.2, 0.25) is 10.0 Å². The molecular weight excluding hydrogens is 400 g/mol. The minimum atomic E-state index is -3.47.